The first-order valence-electron chi connectivity index (χ1n) is 6.98. The molecule has 0 saturated carbocycles. The number of hydrogen-bond donors (Lipinski definition) is 0. The van der Waals surface area contributed by atoms with Crippen molar-refractivity contribution in [3.63, 3.8) is 0 Å². The van der Waals surface area contributed by atoms with E-state index in [0.717, 1.165) is 22.3 Å². The Morgan fingerprint density at radius 1 is 1.10 bits per heavy atom. The van der Waals surface area contributed by atoms with E-state index in [2.05, 4.69) is 15.9 Å². The van der Waals surface area contributed by atoms with Crippen molar-refractivity contribution in [1.82, 2.24) is 0 Å². The second kappa shape index (κ2) is 6.69. The molecule has 0 N–H and O–H groups in total. The predicted octanol–water partition coefficient (Wildman–Crippen LogP) is 4.30. The highest BCUT2D eigenvalue weighted by atomic mass is 79.9. The molecule has 1 aromatic rings. The van der Waals surface area contributed by atoms with Crippen LogP contribution in [0, 0.1) is 43.7 Å². The van der Waals surface area contributed by atoms with Crippen LogP contribution in [0.1, 0.15) is 52.0 Å². The highest BCUT2D eigenvalue weighted by Crippen LogP contribution is 2.30. The average Bonchev–Trinajstić information content (AvgIpc) is 2.40. The van der Waals surface area contributed by atoms with E-state index in [9.17, 15) is 14.9 Å². The van der Waals surface area contributed by atoms with Crippen LogP contribution in [0.4, 0.5) is 0 Å². The van der Waals surface area contributed by atoms with Crippen molar-refractivity contribution >= 4 is 21.7 Å². The number of alkyl halides is 1. The Balaban J connectivity index is 3.62. The zero-order valence-corrected chi connectivity index (χ0v) is 15.0. The summed E-state index contributed by atoms with van der Waals surface area (Å²) in [5, 5.41) is 11.0. The van der Waals surface area contributed by atoms with Crippen molar-refractivity contribution in [3.05, 3.63) is 43.5 Å². The van der Waals surface area contributed by atoms with Gasteiger partial charge in [-0.05, 0) is 55.9 Å². The maximum absolute atomic E-state index is 12.8. The first kappa shape index (κ1) is 17.8. The van der Waals surface area contributed by atoms with Gasteiger partial charge in [-0.15, -0.1) is 0 Å². The van der Waals surface area contributed by atoms with E-state index >= 15 is 0 Å². The van der Waals surface area contributed by atoms with Gasteiger partial charge in [-0.1, -0.05) is 29.8 Å². The number of hydrogen-bond acceptors (Lipinski definition) is 3. The Morgan fingerprint density at radius 2 is 1.57 bits per heavy atom. The molecule has 0 amide bonds. The molecule has 4 nitrogen and oxygen atoms in total. The number of nitrogens with zero attached hydrogens (tertiary/aromatic N) is 1. The number of nitro groups is 1. The van der Waals surface area contributed by atoms with Crippen LogP contribution in [-0.2, 0) is 6.54 Å². The van der Waals surface area contributed by atoms with Crippen LogP contribution in [0.25, 0.3) is 0 Å². The van der Waals surface area contributed by atoms with Gasteiger partial charge in [-0.25, -0.2) is 0 Å². The minimum absolute atomic E-state index is 0.0643. The van der Waals surface area contributed by atoms with Gasteiger partial charge >= 0.3 is 0 Å². The topological polar surface area (TPSA) is 60.2 Å². The summed E-state index contributed by atoms with van der Waals surface area (Å²) in [5.41, 5.74) is 4.83. The Kier molecular flexibility index (Phi) is 5.68. The van der Waals surface area contributed by atoms with Gasteiger partial charge in [0.05, 0.1) is 4.83 Å². The Labute approximate surface area is 134 Å². The molecule has 0 aromatic heterocycles. The molecule has 21 heavy (non-hydrogen) atoms. The third-order valence-corrected chi connectivity index (χ3v) is 5.66. The van der Waals surface area contributed by atoms with Crippen LogP contribution in [0.5, 0.6) is 0 Å². The summed E-state index contributed by atoms with van der Waals surface area (Å²) >= 11 is 3.43. The smallest absolute Gasteiger partial charge is 0.229 e. The average molecular weight is 356 g/mol. The van der Waals surface area contributed by atoms with Crippen LogP contribution in [0.15, 0.2) is 0 Å². The lowest BCUT2D eigenvalue weighted by Gasteiger charge is -2.21. The van der Waals surface area contributed by atoms with Gasteiger partial charge in [0, 0.05) is 16.1 Å². The molecule has 116 valence electrons. The lowest BCUT2D eigenvalue weighted by molar-refractivity contribution is -0.496. The van der Waals surface area contributed by atoms with Crippen molar-refractivity contribution in [2.75, 3.05) is 0 Å². The number of carbonyl (C=O) groups is 1. The Bertz CT molecular complexity index is 594. The summed E-state index contributed by atoms with van der Waals surface area (Å²) in [7, 11) is 0. The molecular formula is C16H22BrNO3. The molecule has 0 spiro atoms. The van der Waals surface area contributed by atoms with E-state index in [4.69, 9.17) is 0 Å². The quantitative estimate of drug-likeness (QED) is 0.342. The number of rotatable bonds is 5. The van der Waals surface area contributed by atoms with E-state index in [1.165, 1.54) is 0 Å². The van der Waals surface area contributed by atoms with Crippen molar-refractivity contribution in [1.29, 1.82) is 0 Å². The minimum Gasteiger partial charge on any atom is -0.293 e. The van der Waals surface area contributed by atoms with Gasteiger partial charge in [0.1, 0.15) is 0 Å². The number of ketones is 1. The van der Waals surface area contributed by atoms with Crippen LogP contribution >= 0.6 is 15.9 Å². The normalized spacial score (nSPS) is 12.6. The second-order valence-corrected chi connectivity index (χ2v) is 6.84. The van der Waals surface area contributed by atoms with E-state index in [1.807, 2.05) is 41.5 Å². The summed E-state index contributed by atoms with van der Waals surface area (Å²) in [6.07, 6.45) is 0. The number of benzene rings is 1. The molecule has 0 radical (unpaired) electrons. The van der Waals surface area contributed by atoms with E-state index in [0.29, 0.717) is 11.1 Å². The van der Waals surface area contributed by atoms with E-state index < -0.39 is 0 Å². The Hall–Kier alpha value is -1.23. The molecule has 1 aromatic carbocycles. The largest absolute Gasteiger partial charge is 0.293 e. The summed E-state index contributed by atoms with van der Waals surface area (Å²) in [4.78, 5) is 23.0. The van der Waals surface area contributed by atoms with Gasteiger partial charge in [-0.2, -0.15) is 0 Å². The molecule has 1 unspecified atom stereocenters. The zero-order chi connectivity index (χ0) is 16.5. The highest BCUT2D eigenvalue weighted by molar-refractivity contribution is 9.10. The van der Waals surface area contributed by atoms with Crippen LogP contribution < -0.4 is 0 Å². The minimum atomic E-state index is -0.369. The number of halogens is 1. The molecule has 0 heterocycles. The number of carbonyl (C=O) groups excluding carboxylic acids is 1. The standard InChI is InChI=1S/C16H22BrNO3/c1-8(2)15(17)16(19)14-12(6)10(4)9(3)11(5)13(14)7-18(20)21/h8,15H,7H2,1-6H3. The SMILES string of the molecule is Cc1c(C)c(C)c(C(=O)C(Br)C(C)C)c(C[N+](=O)[O-])c1C. The van der Waals surface area contributed by atoms with Crippen molar-refractivity contribution in [3.8, 4) is 0 Å². The molecular weight excluding hydrogens is 334 g/mol. The van der Waals surface area contributed by atoms with Crippen molar-refractivity contribution in [2.24, 2.45) is 5.92 Å². The Morgan fingerprint density at radius 3 is 2.00 bits per heavy atom. The van der Waals surface area contributed by atoms with E-state index in [1.54, 1.807) is 0 Å². The van der Waals surface area contributed by atoms with Crippen LogP contribution in [-0.4, -0.2) is 15.5 Å². The summed E-state index contributed by atoms with van der Waals surface area (Å²) < 4.78 is 0. The van der Waals surface area contributed by atoms with Gasteiger partial charge in [-0.3, -0.25) is 14.9 Å². The summed E-state index contributed by atoms with van der Waals surface area (Å²) in [5.74, 6) is 0.0628. The highest BCUT2D eigenvalue weighted by Gasteiger charge is 2.28. The van der Waals surface area contributed by atoms with Crippen molar-refractivity contribution in [2.45, 2.75) is 52.9 Å². The molecule has 1 atom stereocenters. The predicted molar refractivity (Wildman–Crippen MR) is 88.0 cm³/mol. The lowest BCUT2D eigenvalue weighted by Crippen LogP contribution is -2.24. The molecule has 0 aliphatic rings. The van der Waals surface area contributed by atoms with Crippen LogP contribution in [0.3, 0.4) is 0 Å². The second-order valence-electron chi connectivity index (χ2n) is 5.85. The first-order valence-corrected chi connectivity index (χ1v) is 7.90. The third kappa shape index (κ3) is 3.51. The maximum Gasteiger partial charge on any atom is 0.229 e. The fourth-order valence-electron chi connectivity index (χ4n) is 2.49. The third-order valence-electron chi connectivity index (χ3n) is 4.19. The summed E-state index contributed by atoms with van der Waals surface area (Å²) in [6, 6.07) is 0. The molecule has 0 bridgehead atoms. The van der Waals surface area contributed by atoms with Gasteiger partial charge in [0.15, 0.2) is 5.78 Å². The fraction of sp³-hybridized carbons (Fsp3) is 0.562. The lowest BCUT2D eigenvalue weighted by atomic mass is 9.85. The summed E-state index contributed by atoms with van der Waals surface area (Å²) in [6.45, 7) is 11.2. The number of Topliss-reactive ketones (excluding diaryl/α,β-unsaturated/α-hetero) is 1. The molecule has 0 fully saturated rings. The molecule has 0 aliphatic carbocycles. The van der Waals surface area contributed by atoms with Gasteiger partial charge in [0.25, 0.3) is 0 Å². The van der Waals surface area contributed by atoms with Crippen LogP contribution in [0.2, 0.25) is 0 Å². The molecule has 0 saturated heterocycles. The molecule has 0 aliphatic heterocycles. The fourth-order valence-corrected chi connectivity index (χ4v) is 2.72. The zero-order valence-electron chi connectivity index (χ0n) is 13.4. The van der Waals surface area contributed by atoms with Gasteiger partial charge in [0.2, 0.25) is 6.54 Å². The first-order chi connectivity index (χ1) is 9.59. The van der Waals surface area contributed by atoms with E-state index in [-0.39, 0.29) is 28.0 Å². The monoisotopic (exact) mass is 355 g/mol. The van der Waals surface area contributed by atoms with Crippen molar-refractivity contribution < 1.29 is 9.72 Å². The van der Waals surface area contributed by atoms with Gasteiger partial charge < -0.3 is 0 Å². The molecule has 1 rings (SSSR count). The molecule has 5 heteroatoms. The maximum atomic E-state index is 12.8.